The zero-order valence-corrected chi connectivity index (χ0v) is 10.2. The molecule has 0 saturated heterocycles. The Labute approximate surface area is 102 Å². The lowest BCUT2D eigenvalue weighted by molar-refractivity contribution is 0.103. The highest BCUT2D eigenvalue weighted by molar-refractivity contribution is 7.12. The van der Waals surface area contributed by atoms with Crippen molar-refractivity contribution in [3.63, 3.8) is 0 Å². The van der Waals surface area contributed by atoms with Crippen LogP contribution in [0.4, 0.5) is 8.78 Å². The molecule has 0 saturated carbocycles. The number of halogens is 2. The second-order valence-electron chi connectivity index (χ2n) is 3.78. The molecule has 1 aromatic heterocycles. The molecule has 0 unspecified atom stereocenters. The maximum absolute atomic E-state index is 13.5. The van der Waals surface area contributed by atoms with Crippen LogP contribution in [0, 0.1) is 25.5 Å². The predicted molar refractivity (Wildman–Crippen MR) is 63.6 cm³/mol. The number of carbonyl (C=O) groups is 1. The first-order chi connectivity index (χ1) is 7.99. The monoisotopic (exact) mass is 252 g/mol. The van der Waals surface area contributed by atoms with E-state index in [4.69, 9.17) is 0 Å². The summed E-state index contributed by atoms with van der Waals surface area (Å²) in [5, 5.41) is 0. The fraction of sp³-hybridized carbons (Fsp3) is 0.154. The van der Waals surface area contributed by atoms with E-state index in [0.717, 1.165) is 21.9 Å². The molecular formula is C13H10F2OS. The first kappa shape index (κ1) is 11.9. The number of aryl methyl sites for hydroxylation is 2. The highest BCUT2D eigenvalue weighted by Crippen LogP contribution is 2.24. The standard InChI is InChI=1S/C13H10F2OS/c1-7-5-11(8(2)17-7)13(16)10-4-3-9(14)6-12(10)15/h3-6H,1-2H3. The quantitative estimate of drug-likeness (QED) is 0.741. The Morgan fingerprint density at radius 2 is 1.82 bits per heavy atom. The molecule has 0 aliphatic heterocycles. The summed E-state index contributed by atoms with van der Waals surface area (Å²) >= 11 is 1.48. The van der Waals surface area contributed by atoms with Gasteiger partial charge in [-0.05, 0) is 32.0 Å². The molecule has 0 amide bonds. The molecule has 1 heterocycles. The van der Waals surface area contributed by atoms with Crippen molar-refractivity contribution in [1.29, 1.82) is 0 Å². The molecule has 0 atom stereocenters. The maximum atomic E-state index is 13.5. The molecular weight excluding hydrogens is 242 g/mol. The zero-order valence-electron chi connectivity index (χ0n) is 9.38. The third-order valence-electron chi connectivity index (χ3n) is 2.46. The summed E-state index contributed by atoms with van der Waals surface area (Å²) in [6.07, 6.45) is 0. The van der Waals surface area contributed by atoms with Crippen LogP contribution in [0.2, 0.25) is 0 Å². The molecule has 0 bridgehead atoms. The van der Waals surface area contributed by atoms with Gasteiger partial charge in [-0.2, -0.15) is 0 Å². The van der Waals surface area contributed by atoms with E-state index in [0.29, 0.717) is 5.56 Å². The van der Waals surface area contributed by atoms with Crippen LogP contribution in [0.5, 0.6) is 0 Å². The number of carbonyl (C=O) groups excluding carboxylic acids is 1. The lowest BCUT2D eigenvalue weighted by Gasteiger charge is -2.02. The van der Waals surface area contributed by atoms with Crippen LogP contribution in [0.3, 0.4) is 0 Å². The molecule has 2 rings (SSSR count). The van der Waals surface area contributed by atoms with E-state index in [9.17, 15) is 13.6 Å². The summed E-state index contributed by atoms with van der Waals surface area (Å²) < 4.78 is 26.2. The molecule has 1 aromatic carbocycles. The number of thiophene rings is 1. The van der Waals surface area contributed by atoms with Crippen molar-refractivity contribution in [3.8, 4) is 0 Å². The van der Waals surface area contributed by atoms with Crippen LogP contribution in [-0.4, -0.2) is 5.78 Å². The van der Waals surface area contributed by atoms with E-state index in [-0.39, 0.29) is 5.56 Å². The number of hydrogen-bond donors (Lipinski definition) is 0. The fourth-order valence-electron chi connectivity index (χ4n) is 1.67. The number of hydrogen-bond acceptors (Lipinski definition) is 2. The van der Waals surface area contributed by atoms with Gasteiger partial charge >= 0.3 is 0 Å². The van der Waals surface area contributed by atoms with Gasteiger partial charge in [-0.1, -0.05) is 0 Å². The minimum atomic E-state index is -0.821. The fourth-order valence-corrected chi connectivity index (χ4v) is 2.60. The van der Waals surface area contributed by atoms with E-state index >= 15 is 0 Å². The Bertz CT molecular complexity index is 587. The van der Waals surface area contributed by atoms with Crippen molar-refractivity contribution in [3.05, 3.63) is 56.8 Å². The Balaban J connectivity index is 2.47. The molecule has 2 aromatic rings. The second-order valence-corrected chi connectivity index (χ2v) is 5.24. The molecule has 0 spiro atoms. The van der Waals surface area contributed by atoms with Gasteiger partial charge in [0.05, 0.1) is 5.56 Å². The van der Waals surface area contributed by atoms with Gasteiger partial charge in [0, 0.05) is 21.4 Å². The maximum Gasteiger partial charge on any atom is 0.197 e. The van der Waals surface area contributed by atoms with Crippen molar-refractivity contribution in [2.45, 2.75) is 13.8 Å². The van der Waals surface area contributed by atoms with Gasteiger partial charge in [0.1, 0.15) is 11.6 Å². The highest BCUT2D eigenvalue weighted by Gasteiger charge is 2.17. The van der Waals surface area contributed by atoms with Gasteiger partial charge in [0.2, 0.25) is 0 Å². The third kappa shape index (κ3) is 2.26. The average molecular weight is 252 g/mol. The Kier molecular flexibility index (Phi) is 3.07. The summed E-state index contributed by atoms with van der Waals surface area (Å²) in [6, 6.07) is 4.72. The molecule has 0 aliphatic carbocycles. The van der Waals surface area contributed by atoms with Crippen LogP contribution in [0.15, 0.2) is 24.3 Å². The second kappa shape index (κ2) is 4.37. The van der Waals surface area contributed by atoms with Crippen LogP contribution >= 0.6 is 11.3 Å². The lowest BCUT2D eigenvalue weighted by Crippen LogP contribution is -2.04. The van der Waals surface area contributed by atoms with Crippen LogP contribution < -0.4 is 0 Å². The van der Waals surface area contributed by atoms with Gasteiger partial charge < -0.3 is 0 Å². The molecule has 88 valence electrons. The smallest absolute Gasteiger partial charge is 0.197 e. The normalized spacial score (nSPS) is 10.6. The van der Waals surface area contributed by atoms with Gasteiger partial charge in [0.25, 0.3) is 0 Å². The largest absolute Gasteiger partial charge is 0.288 e. The van der Waals surface area contributed by atoms with Crippen molar-refractivity contribution >= 4 is 17.1 Å². The Morgan fingerprint density at radius 1 is 1.12 bits per heavy atom. The van der Waals surface area contributed by atoms with Gasteiger partial charge in [-0.25, -0.2) is 8.78 Å². The molecule has 0 N–H and O–H groups in total. The molecule has 0 radical (unpaired) electrons. The molecule has 4 heteroatoms. The molecule has 0 aliphatic rings. The highest BCUT2D eigenvalue weighted by atomic mass is 32.1. The van der Waals surface area contributed by atoms with E-state index in [1.54, 1.807) is 6.07 Å². The van der Waals surface area contributed by atoms with E-state index in [2.05, 4.69) is 0 Å². The first-order valence-corrected chi connectivity index (χ1v) is 5.87. The third-order valence-corrected chi connectivity index (χ3v) is 3.43. The Hall–Kier alpha value is -1.55. The minimum absolute atomic E-state index is 0.0905. The predicted octanol–water partition coefficient (Wildman–Crippen LogP) is 3.87. The molecule has 1 nitrogen and oxygen atoms in total. The van der Waals surface area contributed by atoms with Crippen molar-refractivity contribution in [2.24, 2.45) is 0 Å². The van der Waals surface area contributed by atoms with Crippen molar-refractivity contribution in [2.75, 3.05) is 0 Å². The van der Waals surface area contributed by atoms with Crippen LogP contribution in [0.1, 0.15) is 25.7 Å². The lowest BCUT2D eigenvalue weighted by atomic mass is 10.0. The van der Waals surface area contributed by atoms with Crippen molar-refractivity contribution < 1.29 is 13.6 Å². The Morgan fingerprint density at radius 3 is 2.35 bits per heavy atom. The van der Waals surface area contributed by atoms with Gasteiger partial charge in [-0.15, -0.1) is 11.3 Å². The van der Waals surface area contributed by atoms with E-state index in [1.807, 2.05) is 13.8 Å². The SMILES string of the molecule is Cc1cc(C(=O)c2ccc(F)cc2F)c(C)s1. The summed E-state index contributed by atoms with van der Waals surface area (Å²) in [5.41, 5.74) is 0.394. The van der Waals surface area contributed by atoms with E-state index < -0.39 is 17.4 Å². The number of rotatable bonds is 2. The first-order valence-electron chi connectivity index (χ1n) is 5.06. The molecule has 17 heavy (non-hydrogen) atoms. The topological polar surface area (TPSA) is 17.1 Å². The summed E-state index contributed by atoms with van der Waals surface area (Å²) in [6.45, 7) is 3.70. The van der Waals surface area contributed by atoms with Gasteiger partial charge in [0.15, 0.2) is 5.78 Å². The summed E-state index contributed by atoms with van der Waals surface area (Å²) in [7, 11) is 0. The van der Waals surface area contributed by atoms with Gasteiger partial charge in [-0.3, -0.25) is 4.79 Å². The summed E-state index contributed by atoms with van der Waals surface area (Å²) in [5.74, 6) is -1.90. The average Bonchev–Trinajstić information content (AvgIpc) is 2.57. The molecule has 0 fully saturated rings. The number of ketones is 1. The van der Waals surface area contributed by atoms with Crippen molar-refractivity contribution in [1.82, 2.24) is 0 Å². The number of benzene rings is 1. The van der Waals surface area contributed by atoms with E-state index in [1.165, 1.54) is 17.4 Å². The van der Waals surface area contributed by atoms with Crippen LogP contribution in [0.25, 0.3) is 0 Å². The summed E-state index contributed by atoms with van der Waals surface area (Å²) in [4.78, 5) is 13.9. The van der Waals surface area contributed by atoms with Crippen LogP contribution in [-0.2, 0) is 0 Å². The minimum Gasteiger partial charge on any atom is -0.288 e. The zero-order chi connectivity index (χ0) is 12.6.